The zero-order chi connectivity index (χ0) is 18.1. The van der Waals surface area contributed by atoms with E-state index in [1.165, 1.54) is 6.33 Å². The van der Waals surface area contributed by atoms with Crippen LogP contribution in [0.3, 0.4) is 0 Å². The number of amides is 1. The fourth-order valence-electron chi connectivity index (χ4n) is 3.18. The molecule has 2 aromatic carbocycles. The van der Waals surface area contributed by atoms with Crippen molar-refractivity contribution in [2.75, 3.05) is 10.6 Å². The Morgan fingerprint density at radius 2 is 2.00 bits per heavy atom. The first-order valence-corrected chi connectivity index (χ1v) is 8.13. The third-order valence-corrected chi connectivity index (χ3v) is 4.34. The van der Waals surface area contributed by atoms with Crippen LogP contribution in [0.25, 0.3) is 0 Å². The van der Waals surface area contributed by atoms with Crippen molar-refractivity contribution < 1.29 is 9.90 Å². The van der Waals surface area contributed by atoms with E-state index in [1.54, 1.807) is 22.9 Å². The molecule has 1 amide bonds. The normalized spacial score (nSPS) is 18.7. The number of aromatic hydroxyl groups is 1. The first kappa shape index (κ1) is 15.9. The molecular weight excluding hydrogens is 330 g/mol. The summed E-state index contributed by atoms with van der Waals surface area (Å²) in [6, 6.07) is 15.5. The standard InChI is InChI=1S/C19H17N5O2/c1-12-16(18(26)23-14-7-3-2-4-8-14)17(13-6-5-9-15(25)10-13)24-19(22-12)20-11-21-24/h2-11,16-17,25H,1H2,(H,23,26)(H,20,21,22). The van der Waals surface area contributed by atoms with E-state index in [0.29, 0.717) is 17.3 Å². The van der Waals surface area contributed by atoms with E-state index < -0.39 is 12.0 Å². The highest BCUT2D eigenvalue weighted by Crippen LogP contribution is 2.38. The molecule has 1 aromatic heterocycles. The highest BCUT2D eigenvalue weighted by molar-refractivity contribution is 5.95. The quantitative estimate of drug-likeness (QED) is 0.677. The van der Waals surface area contributed by atoms with Gasteiger partial charge in [-0.2, -0.15) is 10.1 Å². The molecule has 7 heteroatoms. The lowest BCUT2D eigenvalue weighted by Crippen LogP contribution is -2.39. The molecular formula is C19H17N5O2. The number of rotatable bonds is 3. The maximum Gasteiger partial charge on any atom is 0.235 e. The van der Waals surface area contributed by atoms with E-state index in [0.717, 1.165) is 5.56 Å². The zero-order valence-electron chi connectivity index (χ0n) is 13.8. The molecule has 2 atom stereocenters. The van der Waals surface area contributed by atoms with Crippen LogP contribution in [0.15, 0.2) is 73.2 Å². The van der Waals surface area contributed by atoms with Crippen LogP contribution < -0.4 is 10.6 Å². The summed E-state index contributed by atoms with van der Waals surface area (Å²) in [5, 5.41) is 20.1. The van der Waals surface area contributed by atoms with Gasteiger partial charge in [-0.15, -0.1) is 0 Å². The molecule has 2 heterocycles. The third-order valence-electron chi connectivity index (χ3n) is 4.34. The number of nitrogens with zero attached hydrogens (tertiary/aromatic N) is 3. The minimum absolute atomic E-state index is 0.121. The highest BCUT2D eigenvalue weighted by Gasteiger charge is 2.39. The van der Waals surface area contributed by atoms with Crippen LogP contribution in [0.2, 0.25) is 0 Å². The Bertz CT molecular complexity index is 967. The van der Waals surface area contributed by atoms with E-state index in [1.807, 2.05) is 36.4 Å². The van der Waals surface area contributed by atoms with Crippen molar-refractivity contribution in [3.63, 3.8) is 0 Å². The van der Waals surface area contributed by atoms with Crippen molar-refractivity contribution in [1.29, 1.82) is 0 Å². The summed E-state index contributed by atoms with van der Waals surface area (Å²) in [6.45, 7) is 4.02. The average molecular weight is 347 g/mol. The second-order valence-corrected chi connectivity index (χ2v) is 6.05. The Kier molecular flexibility index (Phi) is 3.89. The summed E-state index contributed by atoms with van der Waals surface area (Å²) in [7, 11) is 0. The van der Waals surface area contributed by atoms with E-state index in [4.69, 9.17) is 0 Å². The number of phenols is 1. The fourth-order valence-corrected chi connectivity index (χ4v) is 3.18. The molecule has 3 aromatic rings. The molecule has 0 saturated heterocycles. The molecule has 0 fully saturated rings. The molecule has 130 valence electrons. The third kappa shape index (κ3) is 2.79. The monoisotopic (exact) mass is 347 g/mol. The lowest BCUT2D eigenvalue weighted by Gasteiger charge is -2.33. The van der Waals surface area contributed by atoms with Gasteiger partial charge in [0.2, 0.25) is 11.9 Å². The van der Waals surface area contributed by atoms with Gasteiger partial charge in [-0.25, -0.2) is 4.68 Å². The maximum atomic E-state index is 13.0. The van der Waals surface area contributed by atoms with E-state index in [9.17, 15) is 9.90 Å². The minimum atomic E-state index is -0.633. The van der Waals surface area contributed by atoms with Crippen molar-refractivity contribution in [3.05, 3.63) is 78.8 Å². The summed E-state index contributed by atoms with van der Waals surface area (Å²) in [6.07, 6.45) is 1.42. The molecule has 1 aliphatic rings. The van der Waals surface area contributed by atoms with Gasteiger partial charge < -0.3 is 15.7 Å². The summed E-state index contributed by atoms with van der Waals surface area (Å²) in [5.41, 5.74) is 1.96. The fraction of sp³-hybridized carbons (Fsp3) is 0.105. The Morgan fingerprint density at radius 3 is 2.77 bits per heavy atom. The molecule has 1 aliphatic heterocycles. The van der Waals surface area contributed by atoms with Crippen molar-refractivity contribution in [3.8, 4) is 5.75 Å². The van der Waals surface area contributed by atoms with Crippen LogP contribution in [0, 0.1) is 5.92 Å². The maximum absolute atomic E-state index is 13.0. The number of fused-ring (bicyclic) bond motifs is 1. The topological polar surface area (TPSA) is 92.1 Å². The first-order valence-electron chi connectivity index (χ1n) is 8.13. The Labute approximate surface area is 150 Å². The van der Waals surface area contributed by atoms with Crippen molar-refractivity contribution >= 4 is 17.5 Å². The molecule has 0 spiro atoms. The zero-order valence-corrected chi connectivity index (χ0v) is 13.8. The lowest BCUT2D eigenvalue weighted by atomic mass is 9.88. The van der Waals surface area contributed by atoms with Crippen molar-refractivity contribution in [1.82, 2.24) is 14.8 Å². The van der Waals surface area contributed by atoms with E-state index in [2.05, 4.69) is 27.3 Å². The number of carbonyl (C=O) groups is 1. The van der Waals surface area contributed by atoms with Gasteiger partial charge in [0.1, 0.15) is 18.0 Å². The summed E-state index contributed by atoms with van der Waals surface area (Å²) in [5.74, 6) is -0.225. The molecule has 0 saturated carbocycles. The summed E-state index contributed by atoms with van der Waals surface area (Å²) >= 11 is 0. The van der Waals surface area contributed by atoms with Gasteiger partial charge >= 0.3 is 0 Å². The number of carbonyl (C=O) groups excluding carboxylic acids is 1. The van der Waals surface area contributed by atoms with Crippen molar-refractivity contribution in [2.45, 2.75) is 6.04 Å². The largest absolute Gasteiger partial charge is 0.508 e. The van der Waals surface area contributed by atoms with Gasteiger partial charge in [0.25, 0.3) is 0 Å². The van der Waals surface area contributed by atoms with Gasteiger partial charge in [-0.1, -0.05) is 36.9 Å². The number of para-hydroxylation sites is 1. The smallest absolute Gasteiger partial charge is 0.235 e. The number of hydrogen-bond acceptors (Lipinski definition) is 5. The van der Waals surface area contributed by atoms with Crippen molar-refractivity contribution in [2.24, 2.45) is 5.92 Å². The predicted octanol–water partition coefficient (Wildman–Crippen LogP) is 2.77. The predicted molar refractivity (Wildman–Crippen MR) is 97.6 cm³/mol. The minimum Gasteiger partial charge on any atom is -0.508 e. The lowest BCUT2D eigenvalue weighted by molar-refractivity contribution is -0.119. The Balaban J connectivity index is 1.75. The molecule has 26 heavy (non-hydrogen) atoms. The average Bonchev–Trinajstić information content (AvgIpc) is 3.09. The Hall–Kier alpha value is -3.61. The van der Waals surface area contributed by atoms with Gasteiger partial charge in [-0.05, 0) is 29.8 Å². The number of phenolic OH excluding ortho intramolecular Hbond substituents is 1. The number of benzene rings is 2. The van der Waals surface area contributed by atoms with Crippen LogP contribution >= 0.6 is 0 Å². The molecule has 4 rings (SSSR count). The molecule has 0 bridgehead atoms. The van der Waals surface area contributed by atoms with Crippen LogP contribution in [0.1, 0.15) is 11.6 Å². The number of anilines is 2. The SMILES string of the molecule is C=C1Nc2ncnn2C(c2cccc(O)c2)C1C(=O)Nc1ccccc1. The molecule has 3 N–H and O–H groups in total. The molecule has 7 nitrogen and oxygen atoms in total. The molecule has 0 radical (unpaired) electrons. The van der Waals surface area contributed by atoms with Crippen LogP contribution in [0.5, 0.6) is 5.75 Å². The Morgan fingerprint density at radius 1 is 1.19 bits per heavy atom. The first-order chi connectivity index (χ1) is 12.6. The van der Waals surface area contributed by atoms with Gasteiger partial charge in [-0.3, -0.25) is 4.79 Å². The van der Waals surface area contributed by atoms with Gasteiger partial charge in [0, 0.05) is 11.4 Å². The number of aromatic nitrogens is 3. The summed E-state index contributed by atoms with van der Waals surface area (Å²) in [4.78, 5) is 17.2. The highest BCUT2D eigenvalue weighted by atomic mass is 16.3. The second kappa shape index (κ2) is 6.36. The number of nitrogens with one attached hydrogen (secondary N) is 2. The van der Waals surface area contributed by atoms with Crippen LogP contribution in [-0.2, 0) is 4.79 Å². The molecule has 2 unspecified atom stereocenters. The van der Waals surface area contributed by atoms with E-state index >= 15 is 0 Å². The number of hydrogen-bond donors (Lipinski definition) is 3. The van der Waals surface area contributed by atoms with Crippen LogP contribution in [0.4, 0.5) is 11.6 Å². The van der Waals surface area contributed by atoms with E-state index in [-0.39, 0.29) is 11.7 Å². The second-order valence-electron chi connectivity index (χ2n) is 6.05. The van der Waals surface area contributed by atoms with Crippen LogP contribution in [-0.4, -0.2) is 25.8 Å². The summed E-state index contributed by atoms with van der Waals surface area (Å²) < 4.78 is 1.64. The molecule has 0 aliphatic carbocycles. The van der Waals surface area contributed by atoms with Gasteiger partial charge in [0.05, 0.1) is 6.04 Å². The van der Waals surface area contributed by atoms with Gasteiger partial charge in [0.15, 0.2) is 0 Å².